The van der Waals surface area contributed by atoms with Crippen molar-refractivity contribution in [2.24, 2.45) is 0 Å². The molecule has 0 spiro atoms. The van der Waals surface area contributed by atoms with Gasteiger partial charge in [0.15, 0.2) is 0 Å². The minimum Gasteiger partial charge on any atom is -0.491 e. The molecule has 1 N–H and O–H groups in total. The molecular weight excluding hydrogens is 473 g/mol. The Morgan fingerprint density at radius 2 is 2.14 bits per heavy atom. The highest BCUT2D eigenvalue weighted by atomic mass is 19.1. The van der Waals surface area contributed by atoms with Gasteiger partial charge in [-0.25, -0.2) is 9.37 Å². The lowest BCUT2D eigenvalue weighted by molar-refractivity contribution is -0.141. The van der Waals surface area contributed by atoms with Gasteiger partial charge in [-0.3, -0.25) is 9.69 Å². The summed E-state index contributed by atoms with van der Waals surface area (Å²) in [6.45, 7) is 4.93. The molecule has 0 radical (unpaired) electrons. The van der Waals surface area contributed by atoms with E-state index in [9.17, 15) is 4.79 Å². The second-order valence-corrected chi connectivity index (χ2v) is 10.4. The SMILES string of the molecule is COC(=O)CC(CN1CCC(F)(CCc2ccc3c(n2)NCCC3)C1)c1cccc(OCC(C)OC)c1. The second-order valence-electron chi connectivity index (χ2n) is 10.4. The van der Waals surface area contributed by atoms with Crippen LogP contribution in [-0.2, 0) is 27.1 Å². The summed E-state index contributed by atoms with van der Waals surface area (Å²) in [5, 5.41) is 3.36. The zero-order chi connectivity index (χ0) is 26.3. The quantitative estimate of drug-likeness (QED) is 0.418. The summed E-state index contributed by atoms with van der Waals surface area (Å²) in [7, 11) is 3.05. The Kier molecular flexibility index (Phi) is 9.38. The van der Waals surface area contributed by atoms with E-state index in [-0.39, 0.29) is 24.4 Å². The molecule has 0 bridgehead atoms. The number of aromatic nitrogens is 1. The number of benzene rings is 1. The molecule has 4 rings (SSSR count). The van der Waals surface area contributed by atoms with Gasteiger partial charge >= 0.3 is 5.97 Å². The number of nitrogens with zero attached hydrogens (tertiary/aromatic N) is 2. The molecule has 3 heterocycles. The van der Waals surface area contributed by atoms with Gasteiger partial charge in [0.2, 0.25) is 0 Å². The number of likely N-dealkylation sites (tertiary alicyclic amines) is 1. The zero-order valence-electron chi connectivity index (χ0n) is 22.3. The van der Waals surface area contributed by atoms with Gasteiger partial charge in [0, 0.05) is 44.9 Å². The van der Waals surface area contributed by atoms with E-state index in [1.54, 1.807) is 7.11 Å². The first-order valence-electron chi connectivity index (χ1n) is 13.3. The number of pyridine rings is 1. The number of anilines is 1. The summed E-state index contributed by atoms with van der Waals surface area (Å²) in [6, 6.07) is 11.9. The van der Waals surface area contributed by atoms with Gasteiger partial charge in [0.05, 0.1) is 19.6 Å². The van der Waals surface area contributed by atoms with Crippen molar-refractivity contribution in [2.45, 2.75) is 63.1 Å². The van der Waals surface area contributed by atoms with Gasteiger partial charge in [0.1, 0.15) is 23.8 Å². The lowest BCUT2D eigenvalue weighted by Crippen LogP contribution is -2.33. The van der Waals surface area contributed by atoms with Crippen LogP contribution in [-0.4, -0.2) is 74.6 Å². The number of fused-ring (bicyclic) bond motifs is 1. The van der Waals surface area contributed by atoms with Crippen LogP contribution in [0.15, 0.2) is 36.4 Å². The van der Waals surface area contributed by atoms with Crippen molar-refractivity contribution in [3.8, 4) is 5.75 Å². The molecule has 1 aromatic heterocycles. The molecule has 7 nitrogen and oxygen atoms in total. The zero-order valence-corrected chi connectivity index (χ0v) is 22.3. The molecule has 1 aromatic carbocycles. The second kappa shape index (κ2) is 12.7. The van der Waals surface area contributed by atoms with Crippen molar-refractivity contribution in [2.75, 3.05) is 52.3 Å². The Hall–Kier alpha value is -2.71. The topological polar surface area (TPSA) is 72.9 Å². The molecule has 2 aliphatic heterocycles. The van der Waals surface area contributed by atoms with E-state index in [4.69, 9.17) is 19.2 Å². The summed E-state index contributed by atoms with van der Waals surface area (Å²) in [4.78, 5) is 19.1. The molecule has 37 heavy (non-hydrogen) atoms. The van der Waals surface area contributed by atoms with Crippen LogP contribution in [0.25, 0.3) is 0 Å². The number of esters is 1. The van der Waals surface area contributed by atoms with E-state index in [0.29, 0.717) is 45.5 Å². The van der Waals surface area contributed by atoms with Crippen LogP contribution in [0.1, 0.15) is 55.3 Å². The maximum atomic E-state index is 15.8. The predicted molar refractivity (Wildman–Crippen MR) is 142 cm³/mol. The lowest BCUT2D eigenvalue weighted by Gasteiger charge is -2.25. The van der Waals surface area contributed by atoms with E-state index >= 15 is 4.39 Å². The highest BCUT2D eigenvalue weighted by molar-refractivity contribution is 5.70. The summed E-state index contributed by atoms with van der Waals surface area (Å²) in [6.07, 6.45) is 3.92. The van der Waals surface area contributed by atoms with E-state index in [0.717, 1.165) is 42.2 Å². The van der Waals surface area contributed by atoms with E-state index in [1.807, 2.05) is 37.3 Å². The van der Waals surface area contributed by atoms with Crippen molar-refractivity contribution in [3.05, 3.63) is 53.2 Å². The van der Waals surface area contributed by atoms with E-state index in [2.05, 4.69) is 16.3 Å². The maximum absolute atomic E-state index is 15.8. The van der Waals surface area contributed by atoms with Gasteiger partial charge in [-0.15, -0.1) is 0 Å². The minimum absolute atomic E-state index is 0.0235. The first kappa shape index (κ1) is 27.3. The van der Waals surface area contributed by atoms with Gasteiger partial charge in [-0.1, -0.05) is 18.2 Å². The van der Waals surface area contributed by atoms with Gasteiger partial charge in [0.25, 0.3) is 0 Å². The fourth-order valence-corrected chi connectivity index (χ4v) is 5.16. The molecule has 2 aliphatic rings. The largest absolute Gasteiger partial charge is 0.491 e. The molecular formula is C29H40FN3O4. The number of aryl methyl sites for hydroxylation is 2. The first-order valence-corrected chi connectivity index (χ1v) is 13.3. The molecule has 0 amide bonds. The highest BCUT2D eigenvalue weighted by Gasteiger charge is 2.39. The molecule has 1 saturated heterocycles. The molecule has 202 valence electrons. The number of hydrogen-bond acceptors (Lipinski definition) is 7. The molecule has 8 heteroatoms. The Morgan fingerprint density at radius 3 is 2.95 bits per heavy atom. The van der Waals surface area contributed by atoms with Crippen molar-refractivity contribution in [1.29, 1.82) is 0 Å². The van der Waals surface area contributed by atoms with Crippen LogP contribution in [0.2, 0.25) is 0 Å². The molecule has 2 aromatic rings. The summed E-state index contributed by atoms with van der Waals surface area (Å²) < 4.78 is 31.9. The Morgan fingerprint density at radius 1 is 1.27 bits per heavy atom. The Labute approximate surface area is 219 Å². The van der Waals surface area contributed by atoms with E-state index in [1.165, 1.54) is 12.7 Å². The van der Waals surface area contributed by atoms with Gasteiger partial charge in [-0.2, -0.15) is 0 Å². The number of ether oxygens (including phenoxy) is 3. The van der Waals surface area contributed by atoms with Crippen LogP contribution in [0, 0.1) is 0 Å². The minimum atomic E-state index is -1.26. The number of alkyl halides is 1. The van der Waals surface area contributed by atoms with Crippen molar-refractivity contribution in [1.82, 2.24) is 9.88 Å². The predicted octanol–water partition coefficient (Wildman–Crippen LogP) is 4.55. The third kappa shape index (κ3) is 7.65. The molecule has 0 aliphatic carbocycles. The standard InChI is InChI=1S/C29H40FN3O4/c1-21(35-2)19-37-26-8-4-6-23(16-26)24(17-27(34)36-3)18-33-15-13-29(30,20-33)12-11-25-10-9-22-7-5-14-31-28(22)32-25/h4,6,8-10,16,21,24H,5,7,11-15,17-20H2,1-3H3,(H,31,32). The van der Waals surface area contributed by atoms with Crippen LogP contribution in [0.3, 0.4) is 0 Å². The fraction of sp³-hybridized carbons (Fsp3) is 0.586. The number of methoxy groups -OCH3 is 2. The Bertz CT molecular complexity index is 1050. The molecule has 0 saturated carbocycles. The number of carbonyl (C=O) groups excluding carboxylic acids is 1. The normalized spacial score (nSPS) is 21.1. The summed E-state index contributed by atoms with van der Waals surface area (Å²) in [5.41, 5.74) is 1.90. The highest BCUT2D eigenvalue weighted by Crippen LogP contribution is 2.34. The first-order chi connectivity index (χ1) is 17.9. The maximum Gasteiger partial charge on any atom is 0.306 e. The third-order valence-electron chi connectivity index (χ3n) is 7.50. The number of nitrogens with one attached hydrogen (secondary N) is 1. The average Bonchev–Trinajstić information content (AvgIpc) is 3.30. The van der Waals surface area contributed by atoms with Crippen molar-refractivity contribution in [3.63, 3.8) is 0 Å². The van der Waals surface area contributed by atoms with Crippen LogP contribution in [0.4, 0.5) is 10.2 Å². The summed E-state index contributed by atoms with van der Waals surface area (Å²) in [5.74, 6) is 1.29. The third-order valence-corrected chi connectivity index (χ3v) is 7.50. The van der Waals surface area contributed by atoms with Crippen LogP contribution < -0.4 is 10.1 Å². The van der Waals surface area contributed by atoms with Gasteiger partial charge < -0.3 is 19.5 Å². The van der Waals surface area contributed by atoms with Crippen LogP contribution >= 0.6 is 0 Å². The number of carbonyl (C=O) groups is 1. The number of rotatable bonds is 12. The average molecular weight is 514 g/mol. The monoisotopic (exact) mass is 513 g/mol. The van der Waals surface area contributed by atoms with Crippen molar-refractivity contribution < 1.29 is 23.4 Å². The Balaban J connectivity index is 1.37. The fourth-order valence-electron chi connectivity index (χ4n) is 5.16. The molecule has 3 atom stereocenters. The number of halogens is 1. The summed E-state index contributed by atoms with van der Waals surface area (Å²) >= 11 is 0. The lowest BCUT2D eigenvalue weighted by atomic mass is 9.94. The van der Waals surface area contributed by atoms with Crippen LogP contribution in [0.5, 0.6) is 5.75 Å². The molecule has 3 unspecified atom stereocenters. The number of hydrogen-bond donors (Lipinski definition) is 1. The molecule has 1 fully saturated rings. The van der Waals surface area contributed by atoms with E-state index < -0.39 is 5.67 Å². The smallest absolute Gasteiger partial charge is 0.306 e. The van der Waals surface area contributed by atoms with Crippen molar-refractivity contribution >= 4 is 11.8 Å². The van der Waals surface area contributed by atoms with Gasteiger partial charge in [-0.05, 0) is 68.4 Å².